The van der Waals surface area contributed by atoms with Gasteiger partial charge < -0.3 is 20.4 Å². The Labute approximate surface area is 213 Å². The standard InChI is InChI=1S/C25H31N5O5S/c1-25(2,3)20-13-16-12-17(4-5-19(16)30(20)24(34)35)27-21(32)14-18(15-31)28-7-9-29(10-8-28)23(33)22-26-6-11-36-22/h4-6,11-13,18,31H,7-10,14-15H2,1-3H3,(H,27,32)(H,34,35). The van der Waals surface area contributed by atoms with E-state index in [-0.39, 0.29) is 36.3 Å². The average molecular weight is 514 g/mol. The van der Waals surface area contributed by atoms with E-state index in [0.29, 0.717) is 48.1 Å². The average Bonchev–Trinajstić information content (AvgIpc) is 3.50. The lowest BCUT2D eigenvalue weighted by atomic mass is 9.92. The van der Waals surface area contributed by atoms with E-state index < -0.39 is 6.09 Å². The summed E-state index contributed by atoms with van der Waals surface area (Å²) in [4.78, 5) is 45.0. The molecule has 1 aromatic carbocycles. The number of hydrogen-bond acceptors (Lipinski definition) is 7. The maximum atomic E-state index is 12.8. The molecule has 0 saturated carbocycles. The number of aliphatic hydroxyl groups excluding tert-OH is 1. The van der Waals surface area contributed by atoms with Crippen LogP contribution >= 0.6 is 11.3 Å². The zero-order chi connectivity index (χ0) is 26.0. The van der Waals surface area contributed by atoms with Crippen LogP contribution in [0.5, 0.6) is 0 Å². The number of fused-ring (bicyclic) bond motifs is 1. The van der Waals surface area contributed by atoms with Crippen molar-refractivity contribution in [2.75, 3.05) is 38.1 Å². The number of rotatable bonds is 6. The van der Waals surface area contributed by atoms with Crippen LogP contribution in [-0.4, -0.2) is 86.3 Å². The van der Waals surface area contributed by atoms with Gasteiger partial charge in [-0.3, -0.25) is 14.5 Å². The number of benzene rings is 1. The maximum absolute atomic E-state index is 12.8. The van der Waals surface area contributed by atoms with Crippen LogP contribution in [0.2, 0.25) is 0 Å². The molecule has 0 spiro atoms. The monoisotopic (exact) mass is 513 g/mol. The molecule has 1 saturated heterocycles. The Bertz CT molecular complexity index is 1260. The van der Waals surface area contributed by atoms with E-state index in [1.54, 1.807) is 34.7 Å². The van der Waals surface area contributed by atoms with Crippen molar-refractivity contribution in [3.63, 3.8) is 0 Å². The summed E-state index contributed by atoms with van der Waals surface area (Å²) in [6, 6.07) is 6.60. The molecule has 1 atom stereocenters. The Morgan fingerprint density at radius 2 is 1.86 bits per heavy atom. The minimum Gasteiger partial charge on any atom is -0.464 e. The molecule has 1 fully saturated rings. The van der Waals surface area contributed by atoms with Gasteiger partial charge >= 0.3 is 6.09 Å². The van der Waals surface area contributed by atoms with Crippen LogP contribution < -0.4 is 5.32 Å². The molecule has 1 unspecified atom stereocenters. The van der Waals surface area contributed by atoms with Crippen molar-refractivity contribution in [1.82, 2.24) is 19.4 Å². The Hall–Kier alpha value is -3.28. The number of piperazine rings is 1. The van der Waals surface area contributed by atoms with Crippen LogP contribution in [-0.2, 0) is 10.2 Å². The maximum Gasteiger partial charge on any atom is 0.416 e. The van der Waals surface area contributed by atoms with Crippen LogP contribution in [0, 0.1) is 0 Å². The molecule has 1 aliphatic rings. The van der Waals surface area contributed by atoms with Crippen molar-refractivity contribution in [2.24, 2.45) is 0 Å². The fourth-order valence-corrected chi connectivity index (χ4v) is 5.14. The largest absolute Gasteiger partial charge is 0.464 e. The summed E-state index contributed by atoms with van der Waals surface area (Å²) in [6.45, 7) is 7.80. The SMILES string of the molecule is CC(C)(C)c1cc2cc(NC(=O)CC(CO)N3CCN(C(=O)c4nccs4)CC3)ccc2n1C(=O)O. The first kappa shape index (κ1) is 25.8. The normalized spacial score (nSPS) is 15.7. The number of anilines is 1. The summed E-state index contributed by atoms with van der Waals surface area (Å²) in [7, 11) is 0. The Morgan fingerprint density at radius 3 is 2.44 bits per heavy atom. The van der Waals surface area contributed by atoms with Gasteiger partial charge in [0, 0.05) is 72.4 Å². The van der Waals surface area contributed by atoms with Gasteiger partial charge in [0.25, 0.3) is 5.91 Å². The van der Waals surface area contributed by atoms with Crippen molar-refractivity contribution in [3.8, 4) is 0 Å². The number of amides is 2. The minimum atomic E-state index is -1.05. The molecule has 0 aliphatic carbocycles. The van der Waals surface area contributed by atoms with Crippen LogP contribution in [0.4, 0.5) is 10.5 Å². The van der Waals surface area contributed by atoms with Crippen molar-refractivity contribution in [2.45, 2.75) is 38.6 Å². The lowest BCUT2D eigenvalue weighted by Gasteiger charge is -2.38. The van der Waals surface area contributed by atoms with Gasteiger partial charge in [-0.2, -0.15) is 0 Å². The third kappa shape index (κ3) is 5.43. The van der Waals surface area contributed by atoms with E-state index in [2.05, 4.69) is 10.3 Å². The van der Waals surface area contributed by atoms with Crippen LogP contribution in [0.1, 0.15) is 42.7 Å². The smallest absolute Gasteiger partial charge is 0.416 e. The van der Waals surface area contributed by atoms with Crippen LogP contribution in [0.25, 0.3) is 10.9 Å². The quantitative estimate of drug-likeness (QED) is 0.462. The highest BCUT2D eigenvalue weighted by atomic mass is 32.1. The fourth-order valence-electron chi connectivity index (χ4n) is 4.54. The molecular weight excluding hydrogens is 482 g/mol. The predicted molar refractivity (Wildman–Crippen MR) is 138 cm³/mol. The zero-order valence-electron chi connectivity index (χ0n) is 20.6. The second kappa shape index (κ2) is 10.4. The number of nitrogens with zero attached hydrogens (tertiary/aromatic N) is 4. The van der Waals surface area contributed by atoms with E-state index >= 15 is 0 Å². The number of carbonyl (C=O) groups excluding carboxylic acids is 2. The topological polar surface area (TPSA) is 128 Å². The Kier molecular flexibility index (Phi) is 7.43. The summed E-state index contributed by atoms with van der Waals surface area (Å²) in [5.41, 5.74) is 1.42. The first-order valence-corrected chi connectivity index (χ1v) is 12.7. The third-order valence-electron chi connectivity index (χ3n) is 6.41. The van der Waals surface area contributed by atoms with Gasteiger partial charge in [-0.1, -0.05) is 20.8 Å². The molecule has 3 aromatic rings. The third-order valence-corrected chi connectivity index (χ3v) is 7.17. The summed E-state index contributed by atoms with van der Waals surface area (Å²) in [5, 5.41) is 25.5. The van der Waals surface area contributed by atoms with E-state index in [4.69, 9.17) is 0 Å². The summed E-state index contributed by atoms with van der Waals surface area (Å²) < 4.78 is 1.28. The molecule has 2 amide bonds. The molecule has 36 heavy (non-hydrogen) atoms. The number of aromatic nitrogens is 2. The van der Waals surface area contributed by atoms with Crippen molar-refractivity contribution >= 4 is 45.8 Å². The summed E-state index contributed by atoms with van der Waals surface area (Å²) in [5.74, 6) is -0.340. The number of hydrogen-bond donors (Lipinski definition) is 3. The lowest BCUT2D eigenvalue weighted by Crippen LogP contribution is -2.53. The molecular formula is C25H31N5O5S. The highest BCUT2D eigenvalue weighted by Gasteiger charge is 2.29. The fraction of sp³-hybridized carbons (Fsp3) is 0.440. The number of aliphatic hydroxyl groups is 1. The molecule has 3 heterocycles. The van der Waals surface area contributed by atoms with Crippen molar-refractivity contribution in [3.05, 3.63) is 46.5 Å². The predicted octanol–water partition coefficient (Wildman–Crippen LogP) is 3.07. The van der Waals surface area contributed by atoms with Crippen LogP contribution in [0.15, 0.2) is 35.8 Å². The Morgan fingerprint density at radius 1 is 1.14 bits per heavy atom. The highest BCUT2D eigenvalue weighted by Crippen LogP contribution is 2.31. The lowest BCUT2D eigenvalue weighted by molar-refractivity contribution is -0.118. The Balaban J connectivity index is 1.39. The molecule has 0 radical (unpaired) electrons. The van der Waals surface area contributed by atoms with Gasteiger partial charge in [-0.05, 0) is 24.3 Å². The second-order valence-corrected chi connectivity index (χ2v) is 10.8. The molecule has 11 heteroatoms. The number of carboxylic acid groups (broad SMARTS) is 1. The summed E-state index contributed by atoms with van der Waals surface area (Å²) in [6.07, 6.45) is 0.654. The zero-order valence-corrected chi connectivity index (χ0v) is 21.4. The second-order valence-electron chi connectivity index (χ2n) is 9.93. The molecule has 10 nitrogen and oxygen atoms in total. The van der Waals surface area contributed by atoms with Gasteiger partial charge in [0.2, 0.25) is 5.91 Å². The van der Waals surface area contributed by atoms with Crippen molar-refractivity contribution in [1.29, 1.82) is 0 Å². The van der Waals surface area contributed by atoms with Gasteiger partial charge in [0.1, 0.15) is 0 Å². The van der Waals surface area contributed by atoms with E-state index in [9.17, 15) is 24.6 Å². The number of thiazole rings is 1. The molecule has 3 N–H and O–H groups in total. The van der Waals surface area contributed by atoms with Gasteiger partial charge in [-0.15, -0.1) is 11.3 Å². The first-order chi connectivity index (χ1) is 17.1. The van der Waals surface area contributed by atoms with Gasteiger partial charge in [0.05, 0.1) is 12.1 Å². The first-order valence-electron chi connectivity index (χ1n) is 11.8. The van der Waals surface area contributed by atoms with Gasteiger partial charge in [-0.25, -0.2) is 14.3 Å². The molecule has 2 aromatic heterocycles. The van der Waals surface area contributed by atoms with E-state index in [0.717, 1.165) is 5.39 Å². The van der Waals surface area contributed by atoms with E-state index in [1.807, 2.05) is 31.7 Å². The van der Waals surface area contributed by atoms with Crippen molar-refractivity contribution < 1.29 is 24.6 Å². The van der Waals surface area contributed by atoms with Crippen LogP contribution in [0.3, 0.4) is 0 Å². The summed E-state index contributed by atoms with van der Waals surface area (Å²) >= 11 is 1.31. The van der Waals surface area contributed by atoms with E-state index in [1.165, 1.54) is 15.9 Å². The highest BCUT2D eigenvalue weighted by molar-refractivity contribution is 7.11. The molecule has 1 aliphatic heterocycles. The molecule has 0 bridgehead atoms. The molecule has 4 rings (SSSR count). The molecule has 192 valence electrons. The number of carbonyl (C=O) groups is 3. The van der Waals surface area contributed by atoms with Gasteiger partial charge in [0.15, 0.2) is 5.01 Å². The number of nitrogens with one attached hydrogen (secondary N) is 1. The minimum absolute atomic E-state index is 0.0929.